The van der Waals surface area contributed by atoms with Crippen LogP contribution >= 0.6 is 0 Å². The fourth-order valence-corrected chi connectivity index (χ4v) is 2.10. The van der Waals surface area contributed by atoms with Crippen LogP contribution in [0.3, 0.4) is 0 Å². The lowest BCUT2D eigenvalue weighted by Crippen LogP contribution is -2.51. The molecule has 84 valence electrons. The second-order valence-electron chi connectivity index (χ2n) is 4.27. The Labute approximate surface area is 87.7 Å². The molecule has 1 saturated heterocycles. The van der Waals surface area contributed by atoms with E-state index < -0.39 is 0 Å². The van der Waals surface area contributed by atoms with Crippen molar-refractivity contribution in [2.45, 2.75) is 32.2 Å². The van der Waals surface area contributed by atoms with E-state index >= 15 is 0 Å². The van der Waals surface area contributed by atoms with Gasteiger partial charge in [-0.05, 0) is 32.9 Å². The van der Waals surface area contributed by atoms with Crippen LogP contribution in [0, 0.1) is 0 Å². The average molecular weight is 200 g/mol. The maximum Gasteiger partial charge on any atom is 0.0431 e. The van der Waals surface area contributed by atoms with Gasteiger partial charge in [-0.15, -0.1) is 0 Å². The minimum Gasteiger partial charge on any atom is -0.396 e. The molecule has 3 heteroatoms. The van der Waals surface area contributed by atoms with Crippen molar-refractivity contribution in [1.29, 1.82) is 0 Å². The SMILES string of the molecule is CCC1CN(CCCCO)CCN1C. The zero-order chi connectivity index (χ0) is 10.4. The van der Waals surface area contributed by atoms with Gasteiger partial charge in [-0.1, -0.05) is 6.92 Å². The highest BCUT2D eigenvalue weighted by Gasteiger charge is 2.21. The van der Waals surface area contributed by atoms with Gasteiger partial charge in [-0.2, -0.15) is 0 Å². The Hall–Kier alpha value is -0.120. The lowest BCUT2D eigenvalue weighted by molar-refractivity contribution is 0.0908. The summed E-state index contributed by atoms with van der Waals surface area (Å²) in [4.78, 5) is 4.99. The summed E-state index contributed by atoms with van der Waals surface area (Å²) in [5, 5.41) is 8.71. The van der Waals surface area contributed by atoms with Crippen molar-refractivity contribution in [3.63, 3.8) is 0 Å². The maximum absolute atomic E-state index is 8.71. The summed E-state index contributed by atoms with van der Waals surface area (Å²) in [5.41, 5.74) is 0. The molecular formula is C11H24N2O. The fraction of sp³-hybridized carbons (Fsp3) is 1.00. The van der Waals surface area contributed by atoms with Gasteiger partial charge in [-0.3, -0.25) is 0 Å². The maximum atomic E-state index is 8.71. The van der Waals surface area contributed by atoms with Gasteiger partial charge >= 0.3 is 0 Å². The highest BCUT2D eigenvalue weighted by atomic mass is 16.2. The predicted octanol–water partition coefficient (Wildman–Crippen LogP) is 0.785. The van der Waals surface area contributed by atoms with E-state index in [0.29, 0.717) is 6.61 Å². The van der Waals surface area contributed by atoms with Crippen molar-refractivity contribution in [2.24, 2.45) is 0 Å². The second-order valence-corrected chi connectivity index (χ2v) is 4.27. The first-order valence-corrected chi connectivity index (χ1v) is 5.81. The molecule has 0 aliphatic carbocycles. The minimum absolute atomic E-state index is 0.338. The van der Waals surface area contributed by atoms with E-state index in [2.05, 4.69) is 23.8 Å². The molecule has 3 nitrogen and oxygen atoms in total. The van der Waals surface area contributed by atoms with E-state index in [0.717, 1.165) is 25.4 Å². The van der Waals surface area contributed by atoms with E-state index in [9.17, 15) is 0 Å². The predicted molar refractivity (Wildman–Crippen MR) is 59.5 cm³/mol. The van der Waals surface area contributed by atoms with Crippen LogP contribution in [0.5, 0.6) is 0 Å². The van der Waals surface area contributed by atoms with Crippen molar-refractivity contribution in [2.75, 3.05) is 39.8 Å². The van der Waals surface area contributed by atoms with Crippen LogP contribution in [-0.4, -0.2) is 60.8 Å². The van der Waals surface area contributed by atoms with Gasteiger partial charge in [0.15, 0.2) is 0 Å². The van der Waals surface area contributed by atoms with Crippen molar-refractivity contribution in [1.82, 2.24) is 9.80 Å². The molecule has 0 aromatic heterocycles. The molecule has 1 rings (SSSR count). The van der Waals surface area contributed by atoms with Gasteiger partial charge in [0.1, 0.15) is 0 Å². The van der Waals surface area contributed by atoms with E-state index in [-0.39, 0.29) is 0 Å². The van der Waals surface area contributed by atoms with E-state index in [1.807, 2.05) is 0 Å². The van der Waals surface area contributed by atoms with Gasteiger partial charge < -0.3 is 14.9 Å². The lowest BCUT2D eigenvalue weighted by atomic mass is 10.1. The largest absolute Gasteiger partial charge is 0.396 e. The van der Waals surface area contributed by atoms with Gasteiger partial charge in [0.2, 0.25) is 0 Å². The molecule has 1 N–H and O–H groups in total. The average Bonchev–Trinajstić information content (AvgIpc) is 2.21. The van der Waals surface area contributed by atoms with E-state index in [1.165, 1.54) is 26.1 Å². The fourth-order valence-electron chi connectivity index (χ4n) is 2.10. The Morgan fingerprint density at radius 2 is 2.07 bits per heavy atom. The molecule has 1 fully saturated rings. The van der Waals surface area contributed by atoms with Crippen LogP contribution < -0.4 is 0 Å². The molecular weight excluding hydrogens is 176 g/mol. The number of likely N-dealkylation sites (N-methyl/N-ethyl adjacent to an activating group) is 1. The third-order valence-electron chi connectivity index (χ3n) is 3.21. The molecule has 1 aliphatic heterocycles. The first-order chi connectivity index (χ1) is 6.77. The van der Waals surface area contributed by atoms with Crippen LogP contribution in [0.25, 0.3) is 0 Å². The van der Waals surface area contributed by atoms with Crippen LogP contribution in [0.4, 0.5) is 0 Å². The summed E-state index contributed by atoms with van der Waals surface area (Å²) in [7, 11) is 2.22. The van der Waals surface area contributed by atoms with Crippen LogP contribution in [0.2, 0.25) is 0 Å². The number of unbranched alkanes of at least 4 members (excludes halogenated alkanes) is 1. The number of aliphatic hydroxyl groups is 1. The molecule has 14 heavy (non-hydrogen) atoms. The second kappa shape index (κ2) is 6.38. The normalized spacial score (nSPS) is 25.5. The summed E-state index contributed by atoms with van der Waals surface area (Å²) < 4.78 is 0. The van der Waals surface area contributed by atoms with Crippen molar-refractivity contribution < 1.29 is 5.11 Å². The highest BCUT2D eigenvalue weighted by molar-refractivity contribution is 4.78. The third-order valence-corrected chi connectivity index (χ3v) is 3.21. The Morgan fingerprint density at radius 1 is 1.29 bits per heavy atom. The molecule has 1 aliphatic rings. The first-order valence-electron chi connectivity index (χ1n) is 5.81. The molecule has 0 radical (unpaired) electrons. The zero-order valence-corrected chi connectivity index (χ0v) is 9.58. The van der Waals surface area contributed by atoms with Crippen LogP contribution in [0.1, 0.15) is 26.2 Å². The van der Waals surface area contributed by atoms with Crippen molar-refractivity contribution >= 4 is 0 Å². The highest BCUT2D eigenvalue weighted by Crippen LogP contribution is 2.10. The zero-order valence-electron chi connectivity index (χ0n) is 9.58. The van der Waals surface area contributed by atoms with E-state index in [4.69, 9.17) is 5.11 Å². The Morgan fingerprint density at radius 3 is 2.71 bits per heavy atom. The van der Waals surface area contributed by atoms with Gasteiger partial charge in [-0.25, -0.2) is 0 Å². The molecule has 1 heterocycles. The van der Waals surface area contributed by atoms with Crippen LogP contribution in [-0.2, 0) is 0 Å². The number of aliphatic hydroxyl groups excluding tert-OH is 1. The van der Waals surface area contributed by atoms with Gasteiger partial charge in [0.25, 0.3) is 0 Å². The summed E-state index contributed by atoms with van der Waals surface area (Å²) in [6, 6.07) is 0.734. The van der Waals surface area contributed by atoms with Crippen molar-refractivity contribution in [3.05, 3.63) is 0 Å². The number of piperazine rings is 1. The number of hydrogen-bond acceptors (Lipinski definition) is 3. The lowest BCUT2D eigenvalue weighted by Gasteiger charge is -2.39. The van der Waals surface area contributed by atoms with Crippen molar-refractivity contribution in [3.8, 4) is 0 Å². The summed E-state index contributed by atoms with van der Waals surface area (Å²) in [6.45, 7) is 7.35. The van der Waals surface area contributed by atoms with Crippen LogP contribution in [0.15, 0.2) is 0 Å². The standard InChI is InChI=1S/C11H24N2O/c1-3-11-10-13(6-4-5-9-14)8-7-12(11)2/h11,14H,3-10H2,1-2H3. The van der Waals surface area contributed by atoms with Gasteiger partial charge in [0, 0.05) is 32.3 Å². The Kier molecular flexibility index (Phi) is 5.45. The molecule has 0 aromatic carbocycles. The molecule has 0 spiro atoms. The quantitative estimate of drug-likeness (QED) is 0.665. The molecule has 1 atom stereocenters. The number of nitrogens with zero attached hydrogens (tertiary/aromatic N) is 2. The Bertz CT molecular complexity index is 152. The minimum atomic E-state index is 0.338. The Balaban J connectivity index is 2.21. The number of hydrogen-bond donors (Lipinski definition) is 1. The topological polar surface area (TPSA) is 26.7 Å². The summed E-state index contributed by atoms with van der Waals surface area (Å²) >= 11 is 0. The molecule has 1 unspecified atom stereocenters. The summed E-state index contributed by atoms with van der Waals surface area (Å²) in [5.74, 6) is 0. The smallest absolute Gasteiger partial charge is 0.0431 e. The van der Waals surface area contributed by atoms with E-state index in [1.54, 1.807) is 0 Å². The van der Waals surface area contributed by atoms with Gasteiger partial charge in [0.05, 0.1) is 0 Å². The molecule has 0 saturated carbocycles. The third kappa shape index (κ3) is 3.56. The molecule has 0 aromatic rings. The monoisotopic (exact) mass is 200 g/mol. The molecule has 0 bridgehead atoms. The number of rotatable bonds is 5. The summed E-state index contributed by atoms with van der Waals surface area (Å²) in [6.07, 6.45) is 3.33. The molecule has 0 amide bonds. The first kappa shape index (κ1) is 12.0.